The SMILES string of the molecule is CNC(=O)C1CCN(C(=O)NC2CCOc3ccccc32)CC1. The number of amides is 3. The van der Waals surface area contributed by atoms with Crippen molar-refractivity contribution in [2.24, 2.45) is 5.92 Å². The lowest BCUT2D eigenvalue weighted by molar-refractivity contribution is -0.125. The Balaban J connectivity index is 1.58. The first-order chi connectivity index (χ1) is 11.2. The van der Waals surface area contributed by atoms with Crippen LogP contribution in [0, 0.1) is 5.92 Å². The number of likely N-dealkylation sites (tertiary alicyclic amines) is 1. The number of rotatable bonds is 2. The second-order valence-electron chi connectivity index (χ2n) is 6.05. The molecule has 1 aromatic rings. The quantitative estimate of drug-likeness (QED) is 0.872. The minimum absolute atomic E-state index is 0.0101. The molecule has 0 radical (unpaired) electrons. The van der Waals surface area contributed by atoms with Crippen molar-refractivity contribution in [2.75, 3.05) is 26.7 Å². The van der Waals surface area contributed by atoms with Crippen molar-refractivity contribution in [2.45, 2.75) is 25.3 Å². The zero-order valence-corrected chi connectivity index (χ0v) is 13.4. The fourth-order valence-electron chi connectivity index (χ4n) is 3.28. The van der Waals surface area contributed by atoms with Crippen molar-refractivity contribution < 1.29 is 14.3 Å². The number of carbonyl (C=O) groups is 2. The van der Waals surface area contributed by atoms with E-state index in [0.29, 0.717) is 19.7 Å². The van der Waals surface area contributed by atoms with Crippen molar-refractivity contribution in [1.82, 2.24) is 15.5 Å². The Morgan fingerprint density at radius 3 is 2.65 bits per heavy atom. The predicted octanol–water partition coefficient (Wildman–Crippen LogP) is 1.68. The maximum Gasteiger partial charge on any atom is 0.317 e. The number of para-hydroxylation sites is 1. The molecule has 2 aliphatic heterocycles. The van der Waals surface area contributed by atoms with Crippen molar-refractivity contribution in [3.8, 4) is 5.75 Å². The summed E-state index contributed by atoms with van der Waals surface area (Å²) in [5, 5.41) is 5.79. The van der Waals surface area contributed by atoms with Gasteiger partial charge in [-0.2, -0.15) is 0 Å². The summed E-state index contributed by atoms with van der Waals surface area (Å²) in [5.74, 6) is 0.943. The molecule has 0 saturated carbocycles. The first-order valence-corrected chi connectivity index (χ1v) is 8.18. The number of nitrogens with zero attached hydrogens (tertiary/aromatic N) is 1. The smallest absolute Gasteiger partial charge is 0.317 e. The number of ether oxygens (including phenoxy) is 1. The molecule has 3 amide bonds. The lowest BCUT2D eigenvalue weighted by Crippen LogP contribution is -2.47. The fraction of sp³-hybridized carbons (Fsp3) is 0.529. The molecular formula is C17H23N3O3. The highest BCUT2D eigenvalue weighted by Gasteiger charge is 2.29. The number of carbonyl (C=O) groups excluding carboxylic acids is 2. The Hall–Kier alpha value is -2.24. The topological polar surface area (TPSA) is 70.7 Å². The molecule has 124 valence electrons. The van der Waals surface area contributed by atoms with Gasteiger partial charge in [-0.25, -0.2) is 4.79 Å². The molecular weight excluding hydrogens is 294 g/mol. The third-order valence-corrected chi connectivity index (χ3v) is 4.66. The van der Waals surface area contributed by atoms with E-state index in [-0.39, 0.29) is 23.9 Å². The van der Waals surface area contributed by atoms with Crippen LogP contribution in [0.25, 0.3) is 0 Å². The number of fused-ring (bicyclic) bond motifs is 1. The average Bonchev–Trinajstić information content (AvgIpc) is 2.61. The lowest BCUT2D eigenvalue weighted by Gasteiger charge is -2.33. The number of hydrogen-bond donors (Lipinski definition) is 2. The molecule has 1 unspecified atom stereocenters. The second kappa shape index (κ2) is 6.89. The molecule has 0 aliphatic carbocycles. The third-order valence-electron chi connectivity index (χ3n) is 4.66. The van der Waals surface area contributed by atoms with Crippen LogP contribution in [-0.4, -0.2) is 43.6 Å². The van der Waals surface area contributed by atoms with Gasteiger partial charge in [-0.3, -0.25) is 4.79 Å². The van der Waals surface area contributed by atoms with E-state index in [1.54, 1.807) is 11.9 Å². The lowest BCUT2D eigenvalue weighted by atomic mass is 9.96. The summed E-state index contributed by atoms with van der Waals surface area (Å²) in [6, 6.07) is 7.76. The van der Waals surface area contributed by atoms with Crippen LogP contribution in [0.2, 0.25) is 0 Å². The van der Waals surface area contributed by atoms with Gasteiger partial charge in [0.15, 0.2) is 0 Å². The summed E-state index contributed by atoms with van der Waals surface area (Å²) in [4.78, 5) is 26.0. The minimum atomic E-state index is -0.0536. The normalized spacial score (nSPS) is 21.1. The molecule has 1 atom stereocenters. The van der Waals surface area contributed by atoms with E-state index >= 15 is 0 Å². The molecule has 6 nitrogen and oxygen atoms in total. The monoisotopic (exact) mass is 317 g/mol. The largest absolute Gasteiger partial charge is 0.493 e. The molecule has 6 heteroatoms. The first kappa shape index (κ1) is 15.6. The Labute approximate surface area is 136 Å². The van der Waals surface area contributed by atoms with E-state index < -0.39 is 0 Å². The maximum atomic E-state index is 12.5. The molecule has 2 heterocycles. The van der Waals surface area contributed by atoms with Gasteiger partial charge >= 0.3 is 6.03 Å². The molecule has 1 aromatic carbocycles. The van der Waals surface area contributed by atoms with E-state index in [2.05, 4.69) is 10.6 Å². The van der Waals surface area contributed by atoms with Crippen molar-refractivity contribution >= 4 is 11.9 Å². The Morgan fingerprint density at radius 2 is 1.91 bits per heavy atom. The second-order valence-corrected chi connectivity index (χ2v) is 6.05. The zero-order chi connectivity index (χ0) is 16.2. The van der Waals surface area contributed by atoms with Gasteiger partial charge in [-0.1, -0.05) is 18.2 Å². The van der Waals surface area contributed by atoms with Gasteiger partial charge in [-0.15, -0.1) is 0 Å². The molecule has 0 aromatic heterocycles. The van der Waals surface area contributed by atoms with Gasteiger partial charge < -0.3 is 20.3 Å². The highest BCUT2D eigenvalue weighted by atomic mass is 16.5. The summed E-state index contributed by atoms with van der Waals surface area (Å²) >= 11 is 0. The molecule has 2 N–H and O–H groups in total. The summed E-state index contributed by atoms with van der Waals surface area (Å²) in [6.45, 7) is 1.85. The number of urea groups is 1. The van der Waals surface area contributed by atoms with Gasteiger partial charge in [0.25, 0.3) is 0 Å². The molecule has 1 saturated heterocycles. The number of hydrogen-bond acceptors (Lipinski definition) is 3. The van der Waals surface area contributed by atoms with Crippen molar-refractivity contribution in [3.05, 3.63) is 29.8 Å². The van der Waals surface area contributed by atoms with E-state index in [0.717, 1.165) is 30.6 Å². The van der Waals surface area contributed by atoms with Crippen molar-refractivity contribution in [3.63, 3.8) is 0 Å². The van der Waals surface area contributed by atoms with Crippen LogP contribution in [0.1, 0.15) is 30.9 Å². The van der Waals surface area contributed by atoms with E-state index in [1.165, 1.54) is 0 Å². The molecule has 23 heavy (non-hydrogen) atoms. The Kier molecular flexibility index (Phi) is 4.69. The minimum Gasteiger partial charge on any atom is -0.493 e. The molecule has 0 spiro atoms. The predicted molar refractivity (Wildman–Crippen MR) is 86.2 cm³/mol. The van der Waals surface area contributed by atoms with Crippen LogP contribution in [0.3, 0.4) is 0 Å². The zero-order valence-electron chi connectivity index (χ0n) is 13.4. The van der Waals surface area contributed by atoms with Crippen LogP contribution in [0.4, 0.5) is 4.79 Å². The van der Waals surface area contributed by atoms with Gasteiger partial charge in [-0.05, 0) is 18.9 Å². The van der Waals surface area contributed by atoms with Crippen LogP contribution < -0.4 is 15.4 Å². The van der Waals surface area contributed by atoms with Crippen LogP contribution in [-0.2, 0) is 4.79 Å². The van der Waals surface area contributed by atoms with Gasteiger partial charge in [0.1, 0.15) is 5.75 Å². The molecule has 0 bridgehead atoms. The highest BCUT2D eigenvalue weighted by Crippen LogP contribution is 2.31. The molecule has 2 aliphatic rings. The van der Waals surface area contributed by atoms with E-state index in [1.807, 2.05) is 24.3 Å². The molecule has 3 rings (SSSR count). The fourth-order valence-corrected chi connectivity index (χ4v) is 3.28. The van der Waals surface area contributed by atoms with Crippen LogP contribution in [0.5, 0.6) is 5.75 Å². The average molecular weight is 317 g/mol. The molecule has 1 fully saturated rings. The summed E-state index contributed by atoms with van der Waals surface area (Å²) in [7, 11) is 1.66. The number of nitrogens with one attached hydrogen (secondary N) is 2. The Bertz CT molecular complexity index is 582. The van der Waals surface area contributed by atoms with E-state index in [9.17, 15) is 9.59 Å². The first-order valence-electron chi connectivity index (χ1n) is 8.18. The van der Waals surface area contributed by atoms with Crippen LogP contribution >= 0.6 is 0 Å². The summed E-state index contributed by atoms with van der Waals surface area (Å²) < 4.78 is 5.62. The van der Waals surface area contributed by atoms with Gasteiger partial charge in [0.05, 0.1) is 12.6 Å². The van der Waals surface area contributed by atoms with Gasteiger partial charge in [0, 0.05) is 38.0 Å². The van der Waals surface area contributed by atoms with E-state index in [4.69, 9.17) is 4.74 Å². The summed E-state index contributed by atoms with van der Waals surface area (Å²) in [5.41, 5.74) is 1.03. The Morgan fingerprint density at radius 1 is 1.17 bits per heavy atom. The third kappa shape index (κ3) is 3.41. The van der Waals surface area contributed by atoms with Crippen molar-refractivity contribution in [1.29, 1.82) is 0 Å². The van der Waals surface area contributed by atoms with Crippen LogP contribution in [0.15, 0.2) is 24.3 Å². The number of piperidine rings is 1. The highest BCUT2D eigenvalue weighted by molar-refractivity contribution is 5.79. The van der Waals surface area contributed by atoms with Gasteiger partial charge in [0.2, 0.25) is 5.91 Å². The standard InChI is InChI=1S/C17H23N3O3/c1-18-16(21)12-6-9-20(10-7-12)17(22)19-14-8-11-23-15-5-3-2-4-13(14)15/h2-5,12,14H,6-11H2,1H3,(H,18,21)(H,19,22). The summed E-state index contributed by atoms with van der Waals surface area (Å²) in [6.07, 6.45) is 2.21. The number of benzene rings is 1. The maximum absolute atomic E-state index is 12.5.